The van der Waals surface area contributed by atoms with Crippen LogP contribution in [0.15, 0.2) is 18.2 Å². The van der Waals surface area contributed by atoms with Crippen LogP contribution in [0.3, 0.4) is 0 Å². The zero-order valence-electron chi connectivity index (χ0n) is 9.80. The lowest BCUT2D eigenvalue weighted by molar-refractivity contribution is -0.137. The van der Waals surface area contributed by atoms with Crippen LogP contribution in [0.5, 0.6) is 0 Å². The van der Waals surface area contributed by atoms with E-state index in [0.717, 1.165) is 18.3 Å². The lowest BCUT2D eigenvalue weighted by Gasteiger charge is -2.35. The molecule has 94 valence electrons. The molecule has 0 saturated heterocycles. The lowest BCUT2D eigenvalue weighted by Crippen LogP contribution is -2.38. The number of hydrogen-bond acceptors (Lipinski definition) is 2. The molecular weight excluding hydrogens is 229 g/mol. The van der Waals surface area contributed by atoms with E-state index < -0.39 is 11.7 Å². The summed E-state index contributed by atoms with van der Waals surface area (Å²) in [5, 5.41) is 3.02. The van der Waals surface area contributed by atoms with Crippen molar-refractivity contribution in [3.8, 4) is 0 Å². The summed E-state index contributed by atoms with van der Waals surface area (Å²) in [5.41, 5.74) is 0.813. The SMILES string of the molecule is CC(C)N1CCNc2cc(C(F)(F)F)ccc21. The van der Waals surface area contributed by atoms with Crippen molar-refractivity contribution in [1.82, 2.24) is 0 Å². The van der Waals surface area contributed by atoms with Crippen molar-refractivity contribution >= 4 is 11.4 Å². The van der Waals surface area contributed by atoms with Crippen LogP contribution in [0.2, 0.25) is 0 Å². The van der Waals surface area contributed by atoms with Crippen LogP contribution in [0, 0.1) is 0 Å². The van der Waals surface area contributed by atoms with E-state index in [0.29, 0.717) is 12.2 Å². The second-order valence-electron chi connectivity index (χ2n) is 4.44. The standard InChI is InChI=1S/C12H15F3N2/c1-8(2)17-6-5-16-10-7-9(12(13,14)15)3-4-11(10)17/h3-4,7-8,16H,5-6H2,1-2H3. The number of nitrogens with one attached hydrogen (secondary N) is 1. The number of fused-ring (bicyclic) bond motifs is 1. The Morgan fingerprint density at radius 3 is 2.59 bits per heavy atom. The highest BCUT2D eigenvalue weighted by atomic mass is 19.4. The molecule has 1 aromatic carbocycles. The topological polar surface area (TPSA) is 15.3 Å². The summed E-state index contributed by atoms with van der Waals surface area (Å²) < 4.78 is 37.7. The minimum absolute atomic E-state index is 0.285. The maximum Gasteiger partial charge on any atom is 0.416 e. The van der Waals surface area contributed by atoms with E-state index in [4.69, 9.17) is 0 Å². The van der Waals surface area contributed by atoms with Gasteiger partial charge in [0.2, 0.25) is 0 Å². The first kappa shape index (κ1) is 12.1. The van der Waals surface area contributed by atoms with Crippen LogP contribution >= 0.6 is 0 Å². The minimum Gasteiger partial charge on any atom is -0.382 e. The van der Waals surface area contributed by atoms with Crippen LogP contribution in [-0.2, 0) is 6.18 Å². The number of hydrogen-bond donors (Lipinski definition) is 1. The van der Waals surface area contributed by atoms with Crippen LogP contribution in [-0.4, -0.2) is 19.1 Å². The molecule has 2 rings (SSSR count). The summed E-state index contributed by atoms with van der Waals surface area (Å²) >= 11 is 0. The fraction of sp³-hybridized carbons (Fsp3) is 0.500. The average molecular weight is 244 g/mol. The number of alkyl halides is 3. The number of benzene rings is 1. The Hall–Kier alpha value is -1.39. The zero-order chi connectivity index (χ0) is 12.6. The van der Waals surface area contributed by atoms with Gasteiger partial charge in [0.1, 0.15) is 0 Å². The summed E-state index contributed by atoms with van der Waals surface area (Å²) in [6.07, 6.45) is -4.28. The Balaban J connectivity index is 2.40. The number of halogens is 3. The van der Waals surface area contributed by atoms with Gasteiger partial charge in [0.05, 0.1) is 16.9 Å². The van der Waals surface area contributed by atoms with Crippen molar-refractivity contribution in [2.24, 2.45) is 0 Å². The number of anilines is 2. The first-order valence-electron chi connectivity index (χ1n) is 5.61. The highest BCUT2D eigenvalue weighted by Gasteiger charge is 2.32. The predicted octanol–water partition coefficient (Wildman–Crippen LogP) is 3.35. The fourth-order valence-electron chi connectivity index (χ4n) is 2.07. The maximum atomic E-state index is 12.6. The van der Waals surface area contributed by atoms with Gasteiger partial charge in [0, 0.05) is 19.1 Å². The summed E-state index contributed by atoms with van der Waals surface area (Å²) in [6.45, 7) is 5.56. The third-order valence-electron chi connectivity index (χ3n) is 2.92. The van der Waals surface area contributed by atoms with E-state index in [1.807, 2.05) is 13.8 Å². The van der Waals surface area contributed by atoms with Gasteiger partial charge in [-0.25, -0.2) is 0 Å². The molecule has 0 spiro atoms. The Bertz CT molecular complexity index is 413. The average Bonchev–Trinajstić information content (AvgIpc) is 2.26. The van der Waals surface area contributed by atoms with Gasteiger partial charge in [-0.3, -0.25) is 0 Å². The highest BCUT2D eigenvalue weighted by molar-refractivity contribution is 5.73. The van der Waals surface area contributed by atoms with Gasteiger partial charge >= 0.3 is 6.18 Å². The quantitative estimate of drug-likeness (QED) is 0.815. The second-order valence-corrected chi connectivity index (χ2v) is 4.44. The molecule has 1 heterocycles. The van der Waals surface area contributed by atoms with Crippen molar-refractivity contribution in [3.05, 3.63) is 23.8 Å². The van der Waals surface area contributed by atoms with E-state index >= 15 is 0 Å². The molecule has 0 atom stereocenters. The lowest BCUT2D eigenvalue weighted by atomic mass is 10.1. The summed E-state index contributed by atoms with van der Waals surface area (Å²) in [4.78, 5) is 2.10. The highest BCUT2D eigenvalue weighted by Crippen LogP contribution is 2.37. The van der Waals surface area contributed by atoms with Gasteiger partial charge in [-0.15, -0.1) is 0 Å². The van der Waals surface area contributed by atoms with Gasteiger partial charge in [0.25, 0.3) is 0 Å². The molecule has 1 aliphatic heterocycles. The Kier molecular flexibility index (Phi) is 2.93. The molecule has 1 aliphatic rings. The van der Waals surface area contributed by atoms with Crippen LogP contribution in [0.4, 0.5) is 24.5 Å². The van der Waals surface area contributed by atoms with E-state index in [2.05, 4.69) is 10.2 Å². The van der Waals surface area contributed by atoms with Gasteiger partial charge in [0.15, 0.2) is 0 Å². The summed E-state index contributed by atoms with van der Waals surface area (Å²) in [7, 11) is 0. The molecule has 0 unspecified atom stereocenters. The molecule has 0 saturated carbocycles. The van der Waals surface area contributed by atoms with Gasteiger partial charge in [-0.1, -0.05) is 0 Å². The van der Waals surface area contributed by atoms with Crippen molar-refractivity contribution in [2.45, 2.75) is 26.1 Å². The molecule has 17 heavy (non-hydrogen) atoms. The van der Waals surface area contributed by atoms with Gasteiger partial charge < -0.3 is 10.2 Å². The first-order chi connectivity index (χ1) is 7.89. The Morgan fingerprint density at radius 1 is 1.29 bits per heavy atom. The van der Waals surface area contributed by atoms with E-state index in [9.17, 15) is 13.2 Å². The normalized spacial score (nSPS) is 15.8. The molecule has 0 bridgehead atoms. The third kappa shape index (κ3) is 2.33. The molecule has 0 aliphatic carbocycles. The predicted molar refractivity (Wildman–Crippen MR) is 62.4 cm³/mol. The summed E-state index contributed by atoms with van der Waals surface area (Å²) in [5.74, 6) is 0. The van der Waals surface area contributed by atoms with Gasteiger partial charge in [-0.2, -0.15) is 13.2 Å². The van der Waals surface area contributed by atoms with Crippen molar-refractivity contribution < 1.29 is 13.2 Å². The first-order valence-corrected chi connectivity index (χ1v) is 5.61. The van der Waals surface area contributed by atoms with Crippen LogP contribution in [0.25, 0.3) is 0 Å². The Morgan fingerprint density at radius 2 is 2.00 bits per heavy atom. The molecule has 0 amide bonds. The van der Waals surface area contributed by atoms with E-state index in [-0.39, 0.29) is 6.04 Å². The third-order valence-corrected chi connectivity index (χ3v) is 2.92. The van der Waals surface area contributed by atoms with Crippen LogP contribution in [0.1, 0.15) is 19.4 Å². The zero-order valence-corrected chi connectivity index (χ0v) is 9.80. The smallest absolute Gasteiger partial charge is 0.382 e. The molecule has 1 N–H and O–H groups in total. The second kappa shape index (κ2) is 4.13. The minimum atomic E-state index is -4.28. The molecule has 5 heteroatoms. The molecule has 0 fully saturated rings. The molecular formula is C12H15F3N2. The van der Waals surface area contributed by atoms with Crippen molar-refractivity contribution in [1.29, 1.82) is 0 Å². The summed E-state index contributed by atoms with van der Waals surface area (Å²) in [6, 6.07) is 4.16. The van der Waals surface area contributed by atoms with Gasteiger partial charge in [-0.05, 0) is 32.0 Å². The van der Waals surface area contributed by atoms with E-state index in [1.54, 1.807) is 6.07 Å². The number of rotatable bonds is 1. The Labute approximate surface area is 98.4 Å². The molecule has 0 aromatic heterocycles. The van der Waals surface area contributed by atoms with E-state index in [1.165, 1.54) is 6.07 Å². The number of nitrogens with zero attached hydrogens (tertiary/aromatic N) is 1. The fourth-order valence-corrected chi connectivity index (χ4v) is 2.07. The monoisotopic (exact) mass is 244 g/mol. The molecule has 0 radical (unpaired) electrons. The van der Waals surface area contributed by atoms with Crippen molar-refractivity contribution in [3.63, 3.8) is 0 Å². The molecule has 1 aromatic rings. The van der Waals surface area contributed by atoms with Crippen molar-refractivity contribution in [2.75, 3.05) is 23.3 Å². The maximum absolute atomic E-state index is 12.6. The molecule has 2 nitrogen and oxygen atoms in total. The van der Waals surface area contributed by atoms with Crippen LogP contribution < -0.4 is 10.2 Å². The largest absolute Gasteiger partial charge is 0.416 e.